The fourth-order valence-corrected chi connectivity index (χ4v) is 3.35. The Kier molecular flexibility index (Phi) is 3.00. The summed E-state index contributed by atoms with van der Waals surface area (Å²) < 4.78 is 0. The number of phenols is 1. The van der Waals surface area contributed by atoms with Crippen LogP contribution in [0.4, 0.5) is 5.69 Å². The molecule has 3 nitrogen and oxygen atoms in total. The third-order valence-corrected chi connectivity index (χ3v) is 4.50. The van der Waals surface area contributed by atoms with Gasteiger partial charge < -0.3 is 10.4 Å². The number of phenolic OH excluding ortho intramolecular Hbond substituents is 1. The molecule has 0 fully saturated rings. The van der Waals surface area contributed by atoms with Gasteiger partial charge in [-0.1, -0.05) is 18.2 Å². The van der Waals surface area contributed by atoms with Crippen LogP contribution in [-0.2, 0) is 17.6 Å². The molecule has 0 atom stereocenters. The second kappa shape index (κ2) is 5.02. The summed E-state index contributed by atoms with van der Waals surface area (Å²) in [6, 6.07) is 11.5. The summed E-state index contributed by atoms with van der Waals surface area (Å²) in [6.07, 6.45) is 6.25. The summed E-state index contributed by atoms with van der Waals surface area (Å²) in [7, 11) is 0. The van der Waals surface area contributed by atoms with E-state index in [1.807, 2.05) is 36.4 Å². The Morgan fingerprint density at radius 2 is 1.77 bits per heavy atom. The summed E-state index contributed by atoms with van der Waals surface area (Å²) >= 11 is 0. The highest BCUT2D eigenvalue weighted by molar-refractivity contribution is 6.35. The van der Waals surface area contributed by atoms with E-state index in [0.29, 0.717) is 5.57 Å². The minimum Gasteiger partial charge on any atom is -0.507 e. The fourth-order valence-electron chi connectivity index (χ4n) is 3.35. The Morgan fingerprint density at radius 1 is 1.05 bits per heavy atom. The predicted octanol–water partition coefficient (Wildman–Crippen LogP) is 3.76. The van der Waals surface area contributed by atoms with Crippen molar-refractivity contribution in [3.8, 4) is 5.75 Å². The Morgan fingerprint density at radius 3 is 2.59 bits per heavy atom. The monoisotopic (exact) mass is 291 g/mol. The maximum atomic E-state index is 12.2. The summed E-state index contributed by atoms with van der Waals surface area (Å²) in [6.45, 7) is 0. The average Bonchev–Trinajstić information content (AvgIpc) is 2.84. The van der Waals surface area contributed by atoms with Crippen LogP contribution in [0.3, 0.4) is 0 Å². The molecular formula is C19H17NO2. The van der Waals surface area contributed by atoms with Gasteiger partial charge in [0.1, 0.15) is 5.75 Å². The first kappa shape index (κ1) is 13.1. The summed E-state index contributed by atoms with van der Waals surface area (Å²) in [5, 5.41) is 13.1. The van der Waals surface area contributed by atoms with E-state index in [2.05, 4.69) is 5.32 Å². The molecule has 1 aliphatic carbocycles. The topological polar surface area (TPSA) is 49.3 Å². The van der Waals surface area contributed by atoms with E-state index < -0.39 is 0 Å². The molecule has 1 heterocycles. The number of benzene rings is 2. The summed E-state index contributed by atoms with van der Waals surface area (Å²) in [5.74, 6) is 0.142. The number of hydrogen-bond acceptors (Lipinski definition) is 2. The first-order chi connectivity index (χ1) is 10.7. The van der Waals surface area contributed by atoms with Crippen molar-refractivity contribution in [1.82, 2.24) is 0 Å². The largest absolute Gasteiger partial charge is 0.507 e. The van der Waals surface area contributed by atoms with Gasteiger partial charge in [-0.15, -0.1) is 0 Å². The van der Waals surface area contributed by atoms with E-state index in [9.17, 15) is 9.90 Å². The maximum absolute atomic E-state index is 12.2. The molecule has 0 saturated heterocycles. The van der Waals surface area contributed by atoms with E-state index >= 15 is 0 Å². The van der Waals surface area contributed by atoms with Crippen LogP contribution in [-0.4, -0.2) is 11.0 Å². The molecule has 0 aromatic heterocycles. The van der Waals surface area contributed by atoms with Gasteiger partial charge in [-0.2, -0.15) is 0 Å². The summed E-state index contributed by atoms with van der Waals surface area (Å²) in [4.78, 5) is 12.2. The van der Waals surface area contributed by atoms with Crippen molar-refractivity contribution < 1.29 is 9.90 Å². The molecular weight excluding hydrogens is 274 g/mol. The lowest BCUT2D eigenvalue weighted by atomic mass is 9.89. The molecule has 0 saturated carbocycles. The number of para-hydroxylation sites is 1. The van der Waals surface area contributed by atoms with Gasteiger partial charge in [0.05, 0.1) is 0 Å². The quantitative estimate of drug-likeness (QED) is 0.786. The molecule has 4 rings (SSSR count). The molecule has 110 valence electrons. The first-order valence-electron chi connectivity index (χ1n) is 7.69. The lowest BCUT2D eigenvalue weighted by Gasteiger charge is -2.17. The van der Waals surface area contributed by atoms with Crippen LogP contribution in [0.15, 0.2) is 36.4 Å². The number of carbonyl (C=O) groups excluding carboxylic acids is 1. The number of carbonyl (C=O) groups is 1. The third-order valence-electron chi connectivity index (χ3n) is 4.50. The number of rotatable bonds is 1. The minimum atomic E-state index is -0.113. The lowest BCUT2D eigenvalue weighted by Crippen LogP contribution is -2.04. The minimum absolute atomic E-state index is 0.113. The number of fused-ring (bicyclic) bond motifs is 2. The van der Waals surface area contributed by atoms with Crippen LogP contribution >= 0.6 is 0 Å². The molecule has 1 aliphatic heterocycles. The number of amides is 1. The second-order valence-electron chi connectivity index (χ2n) is 5.94. The van der Waals surface area contributed by atoms with Crippen molar-refractivity contribution in [2.45, 2.75) is 25.7 Å². The molecule has 0 bridgehead atoms. The second-order valence-corrected chi connectivity index (χ2v) is 5.94. The number of aryl methyl sites for hydroxylation is 2. The zero-order valence-corrected chi connectivity index (χ0v) is 12.2. The molecule has 2 aliphatic rings. The molecule has 22 heavy (non-hydrogen) atoms. The van der Waals surface area contributed by atoms with E-state index in [1.54, 1.807) is 6.08 Å². The molecule has 0 unspecified atom stereocenters. The van der Waals surface area contributed by atoms with Gasteiger partial charge in [-0.25, -0.2) is 0 Å². The Hall–Kier alpha value is -2.55. The Bertz CT molecular complexity index is 805. The van der Waals surface area contributed by atoms with Crippen molar-refractivity contribution in [3.05, 3.63) is 58.7 Å². The zero-order chi connectivity index (χ0) is 15.1. The maximum Gasteiger partial charge on any atom is 0.256 e. The SMILES string of the molecule is O=C1Nc2ccccc2C1=Cc1cc2c(cc1O)CCCC2. The van der Waals surface area contributed by atoms with Gasteiger partial charge in [0.2, 0.25) is 0 Å². The smallest absolute Gasteiger partial charge is 0.256 e. The predicted molar refractivity (Wildman–Crippen MR) is 87.7 cm³/mol. The van der Waals surface area contributed by atoms with Crippen LogP contribution < -0.4 is 5.32 Å². The van der Waals surface area contributed by atoms with Gasteiger partial charge in [0, 0.05) is 22.4 Å². The molecule has 3 heteroatoms. The lowest BCUT2D eigenvalue weighted by molar-refractivity contribution is -0.110. The van der Waals surface area contributed by atoms with Crippen molar-refractivity contribution in [3.63, 3.8) is 0 Å². The molecule has 1 amide bonds. The zero-order valence-electron chi connectivity index (χ0n) is 12.2. The molecule has 2 N–H and O–H groups in total. The van der Waals surface area contributed by atoms with E-state index in [-0.39, 0.29) is 11.7 Å². The van der Waals surface area contributed by atoms with Crippen LogP contribution in [0.5, 0.6) is 5.75 Å². The average molecular weight is 291 g/mol. The van der Waals surface area contributed by atoms with Crippen molar-refractivity contribution in [1.29, 1.82) is 0 Å². The normalized spacial score (nSPS) is 18.0. The number of aromatic hydroxyl groups is 1. The number of anilines is 1. The van der Waals surface area contributed by atoms with Crippen molar-refractivity contribution >= 4 is 23.2 Å². The fraction of sp³-hybridized carbons (Fsp3) is 0.211. The highest BCUT2D eigenvalue weighted by Crippen LogP contribution is 2.35. The van der Waals surface area contributed by atoms with Gasteiger partial charge in [0.25, 0.3) is 5.91 Å². The van der Waals surface area contributed by atoms with E-state index in [1.165, 1.54) is 24.0 Å². The number of nitrogens with one attached hydrogen (secondary N) is 1. The van der Waals surface area contributed by atoms with Crippen LogP contribution in [0.1, 0.15) is 35.1 Å². The van der Waals surface area contributed by atoms with Crippen LogP contribution in [0, 0.1) is 0 Å². The standard InChI is InChI=1S/C19H17NO2/c21-18-11-13-6-2-1-5-12(13)9-14(18)10-16-15-7-3-4-8-17(15)20-19(16)22/h3-4,7-11,21H,1-2,5-6H2,(H,20,22). The van der Waals surface area contributed by atoms with Crippen LogP contribution in [0.2, 0.25) is 0 Å². The molecule has 2 aromatic rings. The summed E-state index contributed by atoms with van der Waals surface area (Å²) in [5.41, 5.74) is 5.59. The van der Waals surface area contributed by atoms with E-state index in [4.69, 9.17) is 0 Å². The Labute approximate surface area is 129 Å². The van der Waals surface area contributed by atoms with Crippen LogP contribution in [0.25, 0.3) is 11.6 Å². The highest BCUT2D eigenvalue weighted by Gasteiger charge is 2.24. The third kappa shape index (κ3) is 2.10. The van der Waals surface area contributed by atoms with Gasteiger partial charge in [0.15, 0.2) is 0 Å². The van der Waals surface area contributed by atoms with Gasteiger partial charge in [-0.3, -0.25) is 4.79 Å². The molecule has 0 radical (unpaired) electrons. The van der Waals surface area contributed by atoms with E-state index in [0.717, 1.165) is 29.7 Å². The van der Waals surface area contributed by atoms with Crippen molar-refractivity contribution in [2.24, 2.45) is 0 Å². The highest BCUT2D eigenvalue weighted by atomic mass is 16.3. The Balaban J connectivity index is 1.82. The van der Waals surface area contributed by atoms with Gasteiger partial charge in [-0.05, 0) is 61.1 Å². The van der Waals surface area contributed by atoms with Crippen molar-refractivity contribution in [2.75, 3.05) is 5.32 Å². The number of hydrogen-bond donors (Lipinski definition) is 2. The van der Waals surface area contributed by atoms with Gasteiger partial charge >= 0.3 is 0 Å². The molecule has 2 aromatic carbocycles. The first-order valence-corrected chi connectivity index (χ1v) is 7.69. The molecule has 0 spiro atoms.